The second kappa shape index (κ2) is 9.02. The van der Waals surface area contributed by atoms with Crippen molar-refractivity contribution < 1.29 is 14.6 Å². The van der Waals surface area contributed by atoms with Crippen LogP contribution in [0.4, 0.5) is 5.95 Å². The van der Waals surface area contributed by atoms with Crippen molar-refractivity contribution >= 4 is 23.6 Å². The molecule has 0 unspecified atom stereocenters. The van der Waals surface area contributed by atoms with Crippen LogP contribution in [0.1, 0.15) is 64.8 Å². The first-order chi connectivity index (χ1) is 17.7. The summed E-state index contributed by atoms with van der Waals surface area (Å²) in [5.74, 6) is 0.865. The van der Waals surface area contributed by atoms with E-state index < -0.39 is 0 Å². The van der Waals surface area contributed by atoms with Gasteiger partial charge in [0.2, 0.25) is 11.8 Å². The minimum atomic E-state index is -0.273. The molecule has 2 bridgehead atoms. The van der Waals surface area contributed by atoms with Gasteiger partial charge < -0.3 is 20.1 Å². The maximum Gasteiger partial charge on any atom is 0.277 e. The van der Waals surface area contributed by atoms with Crippen molar-refractivity contribution in [1.29, 1.82) is 10.5 Å². The van der Waals surface area contributed by atoms with Gasteiger partial charge in [-0.3, -0.25) is 4.79 Å². The Morgan fingerprint density at radius 1 is 1.22 bits per heavy atom. The summed E-state index contributed by atoms with van der Waals surface area (Å²) in [4.78, 5) is 24.2. The van der Waals surface area contributed by atoms with E-state index in [1.165, 1.54) is 6.08 Å². The van der Waals surface area contributed by atoms with Crippen molar-refractivity contribution in [2.75, 3.05) is 18.5 Å². The number of ether oxygens (including phenoxy) is 1. The minimum Gasteiger partial charge on any atom is -0.438 e. The van der Waals surface area contributed by atoms with Crippen LogP contribution in [0, 0.1) is 41.9 Å². The van der Waals surface area contributed by atoms with Gasteiger partial charge in [0.05, 0.1) is 28.8 Å². The van der Waals surface area contributed by atoms with Gasteiger partial charge in [-0.25, -0.2) is 4.98 Å². The first kappa shape index (κ1) is 24.5. The van der Waals surface area contributed by atoms with Crippen LogP contribution in [0.25, 0.3) is 11.8 Å². The van der Waals surface area contributed by atoms with Gasteiger partial charge in [-0.15, -0.1) is 0 Å². The lowest BCUT2D eigenvalue weighted by Crippen LogP contribution is -2.70. The SMILES string of the molecule is C=C1c2c(Oc3c(C)cc(/C=C/C#N)cc3C)nc(NC34CC(C#N)(C3)C4)nc2C(=O)N1CCCCO. The number of aliphatic hydroxyl groups is 1. The Morgan fingerprint density at radius 2 is 1.92 bits per heavy atom. The number of allylic oxidation sites excluding steroid dienone is 1. The maximum absolute atomic E-state index is 13.3. The molecule has 2 aromatic rings. The third-order valence-corrected chi connectivity index (χ3v) is 7.40. The summed E-state index contributed by atoms with van der Waals surface area (Å²) in [7, 11) is 0. The molecule has 3 fully saturated rings. The zero-order chi connectivity index (χ0) is 26.4. The number of hydrogen-bond donors (Lipinski definition) is 2. The van der Waals surface area contributed by atoms with E-state index >= 15 is 0 Å². The van der Waals surface area contributed by atoms with Crippen LogP contribution in [0.5, 0.6) is 11.6 Å². The number of benzene rings is 1. The number of carbonyl (C=O) groups excluding carboxylic acids is 1. The number of aliphatic hydroxyl groups excluding tert-OH is 1. The molecule has 1 aromatic carbocycles. The van der Waals surface area contributed by atoms with Crippen molar-refractivity contribution in [3.05, 3.63) is 52.7 Å². The Morgan fingerprint density at radius 3 is 2.54 bits per heavy atom. The Hall–Kier alpha value is -4.21. The number of amides is 1. The summed E-state index contributed by atoms with van der Waals surface area (Å²) >= 11 is 0. The van der Waals surface area contributed by atoms with E-state index in [0.29, 0.717) is 42.3 Å². The molecule has 0 radical (unpaired) electrons. The lowest BCUT2D eigenvalue weighted by atomic mass is 9.40. The Bertz CT molecular complexity index is 1390. The highest BCUT2D eigenvalue weighted by Gasteiger charge is 2.69. The molecule has 37 heavy (non-hydrogen) atoms. The Balaban J connectivity index is 1.51. The zero-order valence-electron chi connectivity index (χ0n) is 21.0. The summed E-state index contributed by atoms with van der Waals surface area (Å²) in [5, 5.41) is 30.8. The Labute approximate surface area is 215 Å². The van der Waals surface area contributed by atoms with Gasteiger partial charge in [0.1, 0.15) is 11.4 Å². The molecular weight excluding hydrogens is 468 g/mol. The summed E-state index contributed by atoms with van der Waals surface area (Å²) in [5.41, 5.74) is 3.27. The van der Waals surface area contributed by atoms with Crippen LogP contribution in [-0.2, 0) is 0 Å². The number of rotatable bonds is 9. The van der Waals surface area contributed by atoms with Gasteiger partial charge in [0, 0.05) is 24.8 Å². The molecule has 0 atom stereocenters. The lowest BCUT2D eigenvalue weighted by molar-refractivity contribution is -0.0665. The van der Waals surface area contributed by atoms with E-state index in [1.807, 2.05) is 32.0 Å². The molecule has 0 saturated heterocycles. The quantitative estimate of drug-likeness (QED) is 0.383. The van der Waals surface area contributed by atoms with E-state index in [4.69, 9.17) is 15.1 Å². The van der Waals surface area contributed by atoms with Crippen LogP contribution < -0.4 is 10.1 Å². The molecular formula is C28H28N6O3. The van der Waals surface area contributed by atoms with Gasteiger partial charge >= 0.3 is 0 Å². The standard InChI is InChI=1S/C28H28N6O3/c1-17-11-20(7-6-8-29)12-18(2)23(17)37-24-21-19(3)34(9-4-5-10-35)25(36)22(21)31-26(32-24)33-28-13-27(14-28,15-28)16-30/h6-7,11-12,35H,3-5,9-10,13-15H2,1-2H3,(H,31,32,33)/b7-6+. The van der Waals surface area contributed by atoms with E-state index in [9.17, 15) is 10.1 Å². The van der Waals surface area contributed by atoms with Crippen LogP contribution in [0.3, 0.4) is 0 Å². The number of fused-ring (bicyclic) bond motifs is 1. The second-order valence-electron chi connectivity index (χ2n) is 10.3. The van der Waals surface area contributed by atoms with E-state index in [2.05, 4.69) is 27.9 Å². The zero-order valence-corrected chi connectivity index (χ0v) is 21.0. The summed E-state index contributed by atoms with van der Waals surface area (Å²) in [6.45, 7) is 8.43. The predicted molar refractivity (Wildman–Crippen MR) is 137 cm³/mol. The second-order valence-corrected chi connectivity index (χ2v) is 10.3. The number of aryl methyl sites for hydroxylation is 2. The molecule has 2 heterocycles. The van der Waals surface area contributed by atoms with Gasteiger partial charge in [0.15, 0.2) is 0 Å². The van der Waals surface area contributed by atoms with E-state index in [-0.39, 0.29) is 35.0 Å². The van der Waals surface area contributed by atoms with Gasteiger partial charge in [0.25, 0.3) is 5.91 Å². The van der Waals surface area contributed by atoms with Crippen LogP contribution in [0.15, 0.2) is 24.8 Å². The normalized spacial score (nSPS) is 23.2. The van der Waals surface area contributed by atoms with Crippen LogP contribution in [-0.4, -0.2) is 44.6 Å². The average Bonchev–Trinajstić information content (AvgIpc) is 3.06. The molecule has 9 nitrogen and oxygen atoms in total. The predicted octanol–water partition coefficient (Wildman–Crippen LogP) is 4.48. The van der Waals surface area contributed by atoms with Gasteiger partial charge in [-0.1, -0.05) is 6.58 Å². The number of hydrogen-bond acceptors (Lipinski definition) is 8. The van der Waals surface area contributed by atoms with Crippen molar-refractivity contribution in [3.8, 4) is 23.8 Å². The average molecular weight is 497 g/mol. The highest BCUT2D eigenvalue weighted by atomic mass is 16.5. The highest BCUT2D eigenvalue weighted by Crippen LogP contribution is 2.67. The molecule has 1 aliphatic heterocycles. The molecule has 1 aromatic heterocycles. The lowest BCUT2D eigenvalue weighted by Gasteiger charge is -2.66. The summed E-state index contributed by atoms with van der Waals surface area (Å²) in [6.07, 6.45) is 6.55. The highest BCUT2D eigenvalue weighted by molar-refractivity contribution is 6.08. The summed E-state index contributed by atoms with van der Waals surface area (Å²) < 4.78 is 6.38. The summed E-state index contributed by atoms with van der Waals surface area (Å²) in [6, 6.07) is 8.23. The molecule has 4 aliphatic rings. The number of nitriles is 2. The smallest absolute Gasteiger partial charge is 0.277 e. The van der Waals surface area contributed by atoms with Crippen LogP contribution in [0.2, 0.25) is 0 Å². The number of nitrogens with one attached hydrogen (secondary N) is 1. The van der Waals surface area contributed by atoms with Crippen LogP contribution >= 0.6 is 0 Å². The fraction of sp³-hybridized carbons (Fsp3) is 0.393. The molecule has 0 spiro atoms. The molecule has 2 N–H and O–H groups in total. The maximum atomic E-state index is 13.3. The van der Waals surface area contributed by atoms with Crippen molar-refractivity contribution in [2.45, 2.75) is 51.5 Å². The first-order valence-electron chi connectivity index (χ1n) is 12.3. The molecule has 3 saturated carbocycles. The Kier molecular flexibility index (Phi) is 5.97. The number of aromatic nitrogens is 2. The number of carbonyl (C=O) groups is 1. The molecule has 1 amide bonds. The van der Waals surface area contributed by atoms with Crippen molar-refractivity contribution in [1.82, 2.24) is 14.9 Å². The molecule has 6 rings (SSSR count). The fourth-order valence-electron chi connectivity index (χ4n) is 5.74. The molecule has 3 aliphatic carbocycles. The monoisotopic (exact) mass is 496 g/mol. The minimum absolute atomic E-state index is 0.0497. The number of anilines is 1. The number of nitrogens with zero attached hydrogens (tertiary/aromatic N) is 5. The third kappa shape index (κ3) is 4.12. The van der Waals surface area contributed by atoms with Crippen molar-refractivity contribution in [2.24, 2.45) is 5.41 Å². The van der Waals surface area contributed by atoms with Gasteiger partial charge in [-0.05, 0) is 80.9 Å². The topological polar surface area (TPSA) is 135 Å². The molecule has 188 valence electrons. The first-order valence-corrected chi connectivity index (χ1v) is 12.3. The third-order valence-electron chi connectivity index (χ3n) is 7.40. The molecule has 9 heteroatoms. The van der Waals surface area contributed by atoms with E-state index in [1.54, 1.807) is 11.0 Å². The van der Waals surface area contributed by atoms with Gasteiger partial charge in [-0.2, -0.15) is 15.5 Å². The van der Waals surface area contributed by atoms with Crippen molar-refractivity contribution in [3.63, 3.8) is 0 Å². The largest absolute Gasteiger partial charge is 0.438 e. The van der Waals surface area contributed by atoms with E-state index in [0.717, 1.165) is 36.0 Å². The number of unbranched alkanes of at least 4 members (excludes halogenated alkanes) is 1. The fourth-order valence-corrected chi connectivity index (χ4v) is 5.74.